The summed E-state index contributed by atoms with van der Waals surface area (Å²) in [5.74, 6) is 1.87. The minimum atomic E-state index is -4.53. The second-order valence-electron chi connectivity index (χ2n) is 9.53. The smallest absolute Gasteiger partial charge is 0.366 e. The molecule has 11 heteroatoms. The number of hydrogen-bond donors (Lipinski definition) is 1. The molecule has 0 radical (unpaired) electrons. The van der Waals surface area contributed by atoms with Crippen LogP contribution in [0, 0.1) is 6.92 Å². The van der Waals surface area contributed by atoms with Gasteiger partial charge in [-0.05, 0) is 55.3 Å². The van der Waals surface area contributed by atoms with Gasteiger partial charge in [0, 0.05) is 49.9 Å². The molecular formula is C27H25F3N8. The van der Waals surface area contributed by atoms with Crippen LogP contribution < -0.4 is 15.1 Å². The average Bonchev–Trinajstić information content (AvgIpc) is 3.46. The van der Waals surface area contributed by atoms with Crippen molar-refractivity contribution in [3.05, 3.63) is 78.8 Å². The molecule has 194 valence electrons. The van der Waals surface area contributed by atoms with Crippen LogP contribution >= 0.6 is 0 Å². The number of fused-ring (bicyclic) bond motifs is 4. The summed E-state index contributed by atoms with van der Waals surface area (Å²) in [4.78, 5) is 17.1. The molecule has 8 nitrogen and oxygen atoms in total. The van der Waals surface area contributed by atoms with Crippen LogP contribution in [0.25, 0.3) is 22.4 Å². The van der Waals surface area contributed by atoms with Gasteiger partial charge in [0.2, 0.25) is 0 Å². The van der Waals surface area contributed by atoms with Gasteiger partial charge in [0.1, 0.15) is 17.3 Å². The molecule has 2 bridgehead atoms. The van der Waals surface area contributed by atoms with Crippen molar-refractivity contribution >= 4 is 17.3 Å². The molecule has 0 unspecified atom stereocenters. The van der Waals surface area contributed by atoms with Gasteiger partial charge in [0.25, 0.3) is 0 Å². The zero-order valence-corrected chi connectivity index (χ0v) is 20.9. The van der Waals surface area contributed by atoms with E-state index >= 15 is 0 Å². The topological polar surface area (TPSA) is 75.0 Å². The van der Waals surface area contributed by atoms with Crippen LogP contribution in [-0.2, 0) is 13.2 Å². The summed E-state index contributed by atoms with van der Waals surface area (Å²) in [5.41, 5.74) is 3.66. The van der Waals surface area contributed by atoms with Crippen molar-refractivity contribution in [2.24, 2.45) is 7.05 Å². The van der Waals surface area contributed by atoms with E-state index in [2.05, 4.69) is 31.9 Å². The normalized spacial score (nSPS) is 16.5. The largest absolute Gasteiger partial charge is 0.433 e. The SMILES string of the molecule is C=C(Nc1cc(-c2cn(C)nc2C)ccn1)N1c2nc(-c3ccnc(C(F)(F)F)c3)ccc2N2CC[C@H]1C2. The van der Waals surface area contributed by atoms with Crippen LogP contribution in [0.2, 0.25) is 0 Å². The predicted octanol–water partition coefficient (Wildman–Crippen LogP) is 5.25. The Hall–Kier alpha value is -4.41. The standard InChI is InChI=1S/C27H25F3N8/c1-16-21(15-36(3)35-16)18-6-10-32-25(13-18)33-17(2)38-20-8-11-37(14-20)23-5-4-22(34-26(23)38)19-7-9-31-24(12-19)27(28,29)30/h4-7,9-10,12-13,15,20H,2,8,11,14H2,1,3H3,(H,32,33)/t20-/m0/s1. The molecule has 1 N–H and O–H groups in total. The molecule has 0 spiro atoms. The molecule has 6 heterocycles. The third kappa shape index (κ3) is 4.23. The summed E-state index contributed by atoms with van der Waals surface area (Å²) in [6.45, 7) is 7.94. The van der Waals surface area contributed by atoms with Crippen molar-refractivity contribution in [3.8, 4) is 22.4 Å². The average molecular weight is 519 g/mol. The van der Waals surface area contributed by atoms with E-state index in [0.29, 0.717) is 28.7 Å². The number of anilines is 3. The van der Waals surface area contributed by atoms with Crippen molar-refractivity contribution in [1.82, 2.24) is 24.7 Å². The third-order valence-corrected chi connectivity index (χ3v) is 6.95. The molecule has 0 saturated carbocycles. The van der Waals surface area contributed by atoms with Crippen LogP contribution in [0.3, 0.4) is 0 Å². The van der Waals surface area contributed by atoms with Gasteiger partial charge in [0.05, 0.1) is 23.1 Å². The zero-order valence-electron chi connectivity index (χ0n) is 20.9. The Balaban J connectivity index is 1.33. The molecule has 0 aliphatic carbocycles. The molecule has 0 aromatic carbocycles. The minimum Gasteiger partial charge on any atom is -0.366 e. The van der Waals surface area contributed by atoms with E-state index in [1.54, 1.807) is 16.9 Å². The Kier molecular flexibility index (Phi) is 5.59. The number of hydrogen-bond acceptors (Lipinski definition) is 7. The quantitative estimate of drug-likeness (QED) is 0.387. The number of nitrogens with one attached hydrogen (secondary N) is 1. The second kappa shape index (κ2) is 8.86. The van der Waals surface area contributed by atoms with Gasteiger partial charge in [-0.15, -0.1) is 0 Å². The Morgan fingerprint density at radius 2 is 1.87 bits per heavy atom. The van der Waals surface area contributed by atoms with Gasteiger partial charge in [-0.2, -0.15) is 18.3 Å². The fraction of sp³-hybridized carbons (Fsp3) is 0.259. The predicted molar refractivity (Wildman–Crippen MR) is 140 cm³/mol. The van der Waals surface area contributed by atoms with Crippen LogP contribution in [0.15, 0.2) is 67.4 Å². The number of pyridine rings is 3. The number of rotatable bonds is 5. The van der Waals surface area contributed by atoms with E-state index in [1.807, 2.05) is 43.3 Å². The van der Waals surface area contributed by atoms with Crippen molar-refractivity contribution < 1.29 is 13.2 Å². The molecule has 4 aromatic rings. The first-order chi connectivity index (χ1) is 18.2. The summed E-state index contributed by atoms with van der Waals surface area (Å²) < 4.78 is 41.6. The summed E-state index contributed by atoms with van der Waals surface area (Å²) in [6, 6.07) is 10.2. The maximum absolute atomic E-state index is 13.3. The zero-order chi connectivity index (χ0) is 26.6. The third-order valence-electron chi connectivity index (χ3n) is 6.95. The summed E-state index contributed by atoms with van der Waals surface area (Å²) in [6.07, 6.45) is 1.23. The van der Waals surface area contributed by atoms with Crippen molar-refractivity contribution in [3.63, 3.8) is 0 Å². The summed E-state index contributed by atoms with van der Waals surface area (Å²) in [5, 5.41) is 7.76. The van der Waals surface area contributed by atoms with Crippen LogP contribution in [0.1, 0.15) is 17.8 Å². The van der Waals surface area contributed by atoms with Crippen LogP contribution in [0.5, 0.6) is 0 Å². The lowest BCUT2D eigenvalue weighted by atomic mass is 10.1. The van der Waals surface area contributed by atoms with Crippen LogP contribution in [-0.4, -0.2) is 43.9 Å². The molecule has 1 fully saturated rings. The second-order valence-corrected chi connectivity index (χ2v) is 9.53. The first-order valence-electron chi connectivity index (χ1n) is 12.2. The molecule has 4 aromatic heterocycles. The Morgan fingerprint density at radius 1 is 1.08 bits per heavy atom. The molecule has 38 heavy (non-hydrogen) atoms. The number of nitrogens with zero attached hydrogens (tertiary/aromatic N) is 7. The molecule has 2 aliphatic rings. The van der Waals surface area contributed by atoms with Gasteiger partial charge in [0.15, 0.2) is 5.82 Å². The monoisotopic (exact) mass is 518 g/mol. The molecule has 0 amide bonds. The van der Waals surface area contributed by atoms with Gasteiger partial charge < -0.3 is 15.1 Å². The Labute approximate surface area is 217 Å². The van der Waals surface area contributed by atoms with Gasteiger partial charge in [-0.1, -0.05) is 6.58 Å². The first kappa shape index (κ1) is 24.0. The fourth-order valence-electron chi connectivity index (χ4n) is 5.22. The molecule has 1 saturated heterocycles. The van der Waals surface area contributed by atoms with Gasteiger partial charge in [-0.25, -0.2) is 9.97 Å². The molecule has 6 rings (SSSR count). The van der Waals surface area contributed by atoms with E-state index in [0.717, 1.165) is 54.3 Å². The maximum atomic E-state index is 13.3. The highest BCUT2D eigenvalue weighted by Gasteiger charge is 2.39. The van der Waals surface area contributed by atoms with E-state index in [-0.39, 0.29) is 6.04 Å². The number of halogens is 3. The van der Waals surface area contributed by atoms with E-state index in [4.69, 9.17) is 4.98 Å². The maximum Gasteiger partial charge on any atom is 0.433 e. The minimum absolute atomic E-state index is 0.122. The number of aryl methyl sites for hydroxylation is 2. The molecular weight excluding hydrogens is 493 g/mol. The molecule has 2 aliphatic heterocycles. The van der Waals surface area contributed by atoms with E-state index < -0.39 is 11.9 Å². The Morgan fingerprint density at radius 3 is 2.63 bits per heavy atom. The lowest BCUT2D eigenvalue weighted by Crippen LogP contribution is -2.43. The number of alkyl halides is 3. The number of aromatic nitrogens is 5. The van der Waals surface area contributed by atoms with Gasteiger partial charge in [-0.3, -0.25) is 9.67 Å². The molecule has 1 atom stereocenters. The van der Waals surface area contributed by atoms with Gasteiger partial charge >= 0.3 is 6.18 Å². The lowest BCUT2D eigenvalue weighted by Gasteiger charge is -2.38. The van der Waals surface area contributed by atoms with Crippen molar-refractivity contribution in [1.29, 1.82) is 0 Å². The fourth-order valence-corrected chi connectivity index (χ4v) is 5.22. The Bertz CT molecular complexity index is 1540. The summed E-state index contributed by atoms with van der Waals surface area (Å²) in [7, 11) is 1.88. The summed E-state index contributed by atoms with van der Waals surface area (Å²) >= 11 is 0. The first-order valence-corrected chi connectivity index (χ1v) is 12.2. The lowest BCUT2D eigenvalue weighted by molar-refractivity contribution is -0.141. The van der Waals surface area contributed by atoms with Crippen molar-refractivity contribution in [2.45, 2.75) is 25.6 Å². The highest BCUT2D eigenvalue weighted by molar-refractivity contribution is 5.78. The van der Waals surface area contributed by atoms with E-state index in [9.17, 15) is 13.2 Å². The highest BCUT2D eigenvalue weighted by atomic mass is 19.4. The highest BCUT2D eigenvalue weighted by Crippen LogP contribution is 2.42. The van der Waals surface area contributed by atoms with Crippen molar-refractivity contribution in [2.75, 3.05) is 28.2 Å². The van der Waals surface area contributed by atoms with E-state index in [1.165, 1.54) is 6.07 Å². The van der Waals surface area contributed by atoms with Crippen LogP contribution in [0.4, 0.5) is 30.5 Å².